The van der Waals surface area contributed by atoms with Crippen molar-refractivity contribution in [3.8, 4) is 0 Å². The number of nitrogens with zero attached hydrogens (tertiary/aromatic N) is 3. The van der Waals surface area contributed by atoms with Crippen LogP contribution in [0, 0.1) is 5.92 Å². The minimum absolute atomic E-state index is 0.0454. The van der Waals surface area contributed by atoms with Crippen molar-refractivity contribution in [2.75, 3.05) is 26.3 Å². The number of carbonyl (C=O) groups is 1. The molecule has 0 spiro atoms. The lowest BCUT2D eigenvalue weighted by molar-refractivity contribution is -0.146. The minimum atomic E-state index is -4.66. The van der Waals surface area contributed by atoms with E-state index in [2.05, 4.69) is 14.7 Å². The summed E-state index contributed by atoms with van der Waals surface area (Å²) in [4.78, 5) is 15.8. The van der Waals surface area contributed by atoms with Gasteiger partial charge in [-0.15, -0.1) is 0 Å². The third kappa shape index (κ3) is 3.67. The zero-order chi connectivity index (χ0) is 14.8. The maximum Gasteiger partial charge on any atom is 0.455 e. The first-order chi connectivity index (χ1) is 9.36. The van der Waals surface area contributed by atoms with Crippen molar-refractivity contribution < 1.29 is 32.3 Å². The highest BCUT2D eigenvalue weighted by molar-refractivity contribution is 5.70. The first-order valence-corrected chi connectivity index (χ1v) is 5.79. The predicted molar refractivity (Wildman–Crippen MR) is 56.5 cm³/mol. The Balaban J connectivity index is 2.01. The summed E-state index contributed by atoms with van der Waals surface area (Å²) in [6.45, 7) is 0.857. The van der Waals surface area contributed by atoms with Gasteiger partial charge in [-0.2, -0.15) is 18.2 Å². The number of alkyl halides is 3. The van der Waals surface area contributed by atoms with Gasteiger partial charge in [-0.25, -0.2) is 0 Å². The molecule has 0 saturated carbocycles. The lowest BCUT2D eigenvalue weighted by Gasteiger charge is -2.18. The van der Waals surface area contributed by atoms with Gasteiger partial charge in [0.15, 0.2) is 0 Å². The number of hydrogen-bond donors (Lipinski definition) is 1. The predicted octanol–water partition coefficient (Wildman–Crippen LogP) is 0.621. The topological polar surface area (TPSA) is 88.7 Å². The van der Waals surface area contributed by atoms with E-state index in [1.807, 2.05) is 0 Å². The van der Waals surface area contributed by atoms with Crippen molar-refractivity contribution in [1.29, 1.82) is 0 Å². The van der Waals surface area contributed by atoms with E-state index in [0.717, 1.165) is 0 Å². The van der Waals surface area contributed by atoms with Gasteiger partial charge in [0.1, 0.15) is 0 Å². The monoisotopic (exact) mass is 295 g/mol. The Hall–Kier alpha value is -1.68. The van der Waals surface area contributed by atoms with Crippen LogP contribution in [0.3, 0.4) is 0 Å². The van der Waals surface area contributed by atoms with Gasteiger partial charge in [0.2, 0.25) is 5.89 Å². The molecule has 2 rings (SSSR count). The van der Waals surface area contributed by atoms with Gasteiger partial charge >= 0.3 is 12.1 Å². The molecule has 0 aliphatic carbocycles. The van der Waals surface area contributed by atoms with Crippen LogP contribution in [0.5, 0.6) is 0 Å². The second kappa shape index (κ2) is 5.75. The zero-order valence-corrected chi connectivity index (χ0v) is 10.3. The second-order valence-corrected chi connectivity index (χ2v) is 4.35. The Morgan fingerprint density at radius 1 is 1.50 bits per heavy atom. The maximum absolute atomic E-state index is 12.3. The van der Waals surface area contributed by atoms with Gasteiger partial charge < -0.3 is 14.4 Å². The fraction of sp³-hybridized carbons (Fsp3) is 0.700. The third-order valence-corrected chi connectivity index (χ3v) is 2.78. The lowest BCUT2D eigenvalue weighted by atomic mass is 10.1. The van der Waals surface area contributed by atoms with Crippen LogP contribution in [-0.2, 0) is 22.3 Å². The number of rotatable bonds is 3. The van der Waals surface area contributed by atoms with E-state index in [0.29, 0.717) is 13.2 Å². The first-order valence-electron chi connectivity index (χ1n) is 5.79. The Morgan fingerprint density at radius 3 is 2.85 bits per heavy atom. The molecule has 1 unspecified atom stereocenters. The molecule has 1 aliphatic heterocycles. The number of carboxylic acids is 1. The van der Waals surface area contributed by atoms with Crippen LogP contribution in [0.1, 0.15) is 11.7 Å². The van der Waals surface area contributed by atoms with E-state index in [4.69, 9.17) is 9.84 Å². The molecule has 0 aromatic carbocycles. The SMILES string of the molecule is O=C(O)C1COCCN(Cc2nc(C(F)(F)F)no2)C1. The number of aliphatic carboxylic acids is 1. The maximum atomic E-state index is 12.3. The van der Waals surface area contributed by atoms with Crippen molar-refractivity contribution >= 4 is 5.97 Å². The Labute approximate surface area is 111 Å². The van der Waals surface area contributed by atoms with Crippen LogP contribution in [0.25, 0.3) is 0 Å². The van der Waals surface area contributed by atoms with Crippen molar-refractivity contribution in [3.05, 3.63) is 11.7 Å². The quantitative estimate of drug-likeness (QED) is 0.874. The highest BCUT2D eigenvalue weighted by Crippen LogP contribution is 2.26. The summed E-state index contributed by atoms with van der Waals surface area (Å²) in [5.74, 6) is -3.29. The highest BCUT2D eigenvalue weighted by Gasteiger charge is 2.37. The van der Waals surface area contributed by atoms with Crippen LogP contribution in [0.4, 0.5) is 13.2 Å². The molecular formula is C10H12F3N3O4. The number of carboxylic acid groups (broad SMARTS) is 1. The van der Waals surface area contributed by atoms with Gasteiger partial charge in [-0.05, 0) is 0 Å². The molecule has 10 heteroatoms. The molecule has 1 aromatic heterocycles. The molecule has 7 nitrogen and oxygen atoms in total. The summed E-state index contributed by atoms with van der Waals surface area (Å²) in [6, 6.07) is 0. The average Bonchev–Trinajstić information content (AvgIpc) is 2.68. The smallest absolute Gasteiger partial charge is 0.455 e. The number of hydrogen-bond acceptors (Lipinski definition) is 6. The Kier molecular flexibility index (Phi) is 4.23. The summed E-state index contributed by atoms with van der Waals surface area (Å²) >= 11 is 0. The molecule has 1 saturated heterocycles. The Bertz CT molecular complexity index is 477. The van der Waals surface area contributed by atoms with Gasteiger partial charge in [-0.1, -0.05) is 5.16 Å². The zero-order valence-electron chi connectivity index (χ0n) is 10.3. The molecule has 1 atom stereocenters. The van der Waals surface area contributed by atoms with Crippen molar-refractivity contribution in [1.82, 2.24) is 15.0 Å². The normalized spacial score (nSPS) is 21.6. The van der Waals surface area contributed by atoms with E-state index in [9.17, 15) is 18.0 Å². The lowest BCUT2D eigenvalue weighted by Crippen LogP contribution is -2.33. The van der Waals surface area contributed by atoms with Crippen LogP contribution in [0.2, 0.25) is 0 Å². The fourth-order valence-corrected chi connectivity index (χ4v) is 1.79. The summed E-state index contributed by atoms with van der Waals surface area (Å²) < 4.78 is 46.6. The van der Waals surface area contributed by atoms with E-state index < -0.39 is 23.9 Å². The summed E-state index contributed by atoms with van der Waals surface area (Å²) in [5, 5.41) is 11.8. The fourth-order valence-electron chi connectivity index (χ4n) is 1.79. The van der Waals surface area contributed by atoms with Crippen LogP contribution in [-0.4, -0.2) is 52.4 Å². The largest absolute Gasteiger partial charge is 0.481 e. The van der Waals surface area contributed by atoms with Gasteiger partial charge in [0.25, 0.3) is 5.82 Å². The van der Waals surface area contributed by atoms with Gasteiger partial charge in [0.05, 0.1) is 25.7 Å². The second-order valence-electron chi connectivity index (χ2n) is 4.35. The molecular weight excluding hydrogens is 283 g/mol. The molecule has 20 heavy (non-hydrogen) atoms. The van der Waals surface area contributed by atoms with Gasteiger partial charge in [0, 0.05) is 13.1 Å². The molecule has 0 radical (unpaired) electrons. The highest BCUT2D eigenvalue weighted by atomic mass is 19.4. The summed E-state index contributed by atoms with van der Waals surface area (Å²) in [5.41, 5.74) is 0. The molecule has 1 aromatic rings. The minimum Gasteiger partial charge on any atom is -0.481 e. The first kappa shape index (κ1) is 14.7. The van der Waals surface area contributed by atoms with Crippen LogP contribution in [0.15, 0.2) is 4.52 Å². The molecule has 0 amide bonds. The Morgan fingerprint density at radius 2 is 2.25 bits per heavy atom. The molecule has 1 N–H and O–H groups in total. The molecule has 0 bridgehead atoms. The van der Waals surface area contributed by atoms with Crippen molar-refractivity contribution in [3.63, 3.8) is 0 Å². The van der Waals surface area contributed by atoms with Crippen LogP contribution >= 0.6 is 0 Å². The third-order valence-electron chi connectivity index (χ3n) is 2.78. The number of halogens is 3. The summed E-state index contributed by atoms with van der Waals surface area (Å²) in [7, 11) is 0. The molecule has 112 valence electrons. The number of aromatic nitrogens is 2. The molecule has 1 aliphatic rings. The van der Waals surface area contributed by atoms with E-state index >= 15 is 0 Å². The standard InChI is InChI=1S/C10H12F3N3O4/c11-10(12,13)9-14-7(20-15-9)4-16-1-2-19-5-6(3-16)8(17)18/h6H,1-5H2,(H,17,18). The van der Waals surface area contributed by atoms with E-state index in [-0.39, 0.29) is 25.6 Å². The van der Waals surface area contributed by atoms with E-state index in [1.165, 1.54) is 0 Å². The average molecular weight is 295 g/mol. The van der Waals surface area contributed by atoms with Crippen LogP contribution < -0.4 is 0 Å². The van der Waals surface area contributed by atoms with Crippen molar-refractivity contribution in [2.45, 2.75) is 12.7 Å². The van der Waals surface area contributed by atoms with E-state index in [1.54, 1.807) is 4.90 Å². The van der Waals surface area contributed by atoms with Gasteiger partial charge in [-0.3, -0.25) is 9.69 Å². The summed E-state index contributed by atoms with van der Waals surface area (Å²) in [6.07, 6.45) is -4.66. The van der Waals surface area contributed by atoms with Crippen molar-refractivity contribution in [2.24, 2.45) is 5.92 Å². The molecule has 2 heterocycles. The molecule has 1 fully saturated rings. The number of ether oxygens (including phenoxy) is 1.